The Morgan fingerprint density at radius 2 is 0.912 bits per heavy atom. The lowest BCUT2D eigenvalue weighted by Crippen LogP contribution is -2.31. The van der Waals surface area contributed by atoms with Crippen molar-refractivity contribution in [2.75, 3.05) is 9.80 Å². The predicted octanol–water partition coefficient (Wildman–Crippen LogP) is 5.39. The van der Waals surface area contributed by atoms with Crippen molar-refractivity contribution >= 4 is 34.8 Å². The lowest BCUT2D eigenvalue weighted by molar-refractivity contribution is -0.119. The molecule has 168 valence electrons. The summed E-state index contributed by atoms with van der Waals surface area (Å²) in [4.78, 5) is 36.0. The summed E-state index contributed by atoms with van der Waals surface area (Å²) in [5.41, 5.74) is 4.33. The smallest absolute Gasteiger partial charge is 0.233 e. The summed E-state index contributed by atoms with van der Waals surface area (Å²) in [6.45, 7) is 0. The normalized spacial score (nSPS) is 14.6. The third-order valence-electron chi connectivity index (χ3n) is 5.94. The molecule has 0 atom stereocenters. The molecule has 2 aromatic carbocycles. The minimum atomic E-state index is 0.113. The molecule has 0 unspecified atom stereocenters. The summed E-state index contributed by atoms with van der Waals surface area (Å²) < 4.78 is 0. The van der Waals surface area contributed by atoms with Gasteiger partial charge in [0.05, 0.1) is 11.4 Å². The van der Waals surface area contributed by atoms with E-state index in [1.165, 1.54) is 11.1 Å². The molecule has 0 radical (unpaired) electrons. The Bertz CT molecular complexity index is 1210. The predicted molar refractivity (Wildman–Crippen MR) is 132 cm³/mol. The number of carbonyl (C=O) groups is 2. The molecule has 0 fully saturated rings. The van der Waals surface area contributed by atoms with E-state index >= 15 is 0 Å². The molecule has 4 heterocycles. The second-order valence-electron chi connectivity index (χ2n) is 8.09. The first kappa shape index (κ1) is 21.5. The van der Waals surface area contributed by atoms with Gasteiger partial charge in [0.15, 0.2) is 0 Å². The van der Waals surface area contributed by atoms with Gasteiger partial charge in [0.2, 0.25) is 11.8 Å². The van der Waals surface area contributed by atoms with E-state index in [2.05, 4.69) is 22.1 Å². The molecule has 0 spiro atoms. The van der Waals surface area contributed by atoms with Gasteiger partial charge in [-0.15, -0.1) is 0 Å². The Morgan fingerprint density at radius 1 is 0.500 bits per heavy atom. The molecule has 2 aromatic heterocycles. The monoisotopic (exact) mass is 448 g/mol. The van der Waals surface area contributed by atoms with Crippen molar-refractivity contribution in [2.45, 2.75) is 25.7 Å². The molecule has 0 aliphatic carbocycles. The van der Waals surface area contributed by atoms with Crippen LogP contribution in [-0.2, 0) is 22.4 Å². The largest absolute Gasteiger partial charge is 0.274 e. The van der Waals surface area contributed by atoms with Gasteiger partial charge in [-0.25, -0.2) is 9.97 Å². The van der Waals surface area contributed by atoms with Crippen LogP contribution in [-0.4, -0.2) is 21.8 Å². The first-order chi connectivity index (χ1) is 16.7. The minimum Gasteiger partial charge on any atom is -0.274 e. The number of para-hydroxylation sites is 2. The SMILES string of the molecule is O=C1CCc2ccccc2N1c1ccccn1.O=C1CCc2ccccc2N1c1ccccn1. The fourth-order valence-corrected chi connectivity index (χ4v) is 4.33. The highest BCUT2D eigenvalue weighted by Gasteiger charge is 2.26. The molecule has 6 rings (SSSR count). The van der Waals surface area contributed by atoms with Crippen molar-refractivity contribution in [3.8, 4) is 0 Å². The number of amides is 2. The van der Waals surface area contributed by atoms with E-state index in [-0.39, 0.29) is 11.8 Å². The quantitative estimate of drug-likeness (QED) is 0.413. The van der Waals surface area contributed by atoms with Crippen molar-refractivity contribution in [1.29, 1.82) is 0 Å². The molecule has 2 amide bonds. The molecule has 6 heteroatoms. The molecule has 4 aromatic rings. The highest BCUT2D eigenvalue weighted by Crippen LogP contribution is 2.33. The Kier molecular flexibility index (Phi) is 6.12. The molecule has 34 heavy (non-hydrogen) atoms. The Hall–Kier alpha value is -4.32. The Balaban J connectivity index is 0.000000142. The summed E-state index contributed by atoms with van der Waals surface area (Å²) in [7, 11) is 0. The summed E-state index contributed by atoms with van der Waals surface area (Å²) >= 11 is 0. The molecule has 2 aliphatic rings. The van der Waals surface area contributed by atoms with Crippen LogP contribution in [0.4, 0.5) is 23.0 Å². The van der Waals surface area contributed by atoms with Crippen molar-refractivity contribution in [2.24, 2.45) is 0 Å². The van der Waals surface area contributed by atoms with E-state index in [4.69, 9.17) is 0 Å². The van der Waals surface area contributed by atoms with Crippen LogP contribution >= 0.6 is 0 Å². The van der Waals surface area contributed by atoms with Crippen LogP contribution in [0.2, 0.25) is 0 Å². The van der Waals surface area contributed by atoms with Crippen molar-refractivity contribution < 1.29 is 9.59 Å². The van der Waals surface area contributed by atoms with Crippen LogP contribution in [0, 0.1) is 0 Å². The van der Waals surface area contributed by atoms with Crippen molar-refractivity contribution in [3.05, 3.63) is 108 Å². The van der Waals surface area contributed by atoms with Gasteiger partial charge in [-0.05, 0) is 60.4 Å². The maximum atomic E-state index is 12.0. The van der Waals surface area contributed by atoms with Crippen molar-refractivity contribution in [3.63, 3.8) is 0 Å². The molecule has 0 bridgehead atoms. The van der Waals surface area contributed by atoms with Gasteiger partial charge in [0.1, 0.15) is 11.6 Å². The second-order valence-corrected chi connectivity index (χ2v) is 8.09. The lowest BCUT2D eigenvalue weighted by atomic mass is 10.0. The summed E-state index contributed by atoms with van der Waals surface area (Å²) in [6.07, 6.45) is 6.15. The molecule has 2 aliphatic heterocycles. The van der Waals surface area contributed by atoms with Crippen LogP contribution in [0.25, 0.3) is 0 Å². The van der Waals surface area contributed by atoms with E-state index in [0.29, 0.717) is 24.5 Å². The lowest BCUT2D eigenvalue weighted by Gasteiger charge is -2.28. The van der Waals surface area contributed by atoms with Crippen molar-refractivity contribution in [1.82, 2.24) is 9.97 Å². The Labute approximate surface area is 198 Å². The number of benzene rings is 2. The molecule has 0 saturated carbocycles. The van der Waals surface area contributed by atoms with Gasteiger partial charge >= 0.3 is 0 Å². The fourth-order valence-electron chi connectivity index (χ4n) is 4.33. The number of rotatable bonds is 2. The van der Waals surface area contributed by atoms with E-state index in [9.17, 15) is 9.59 Å². The highest BCUT2D eigenvalue weighted by molar-refractivity contribution is 6.02. The van der Waals surface area contributed by atoms with Gasteiger partial charge in [-0.2, -0.15) is 0 Å². The van der Waals surface area contributed by atoms with Crippen LogP contribution in [0.1, 0.15) is 24.0 Å². The number of hydrogen-bond donors (Lipinski definition) is 0. The van der Waals surface area contributed by atoms with Crippen LogP contribution in [0.3, 0.4) is 0 Å². The number of hydrogen-bond acceptors (Lipinski definition) is 4. The van der Waals surface area contributed by atoms with Crippen LogP contribution < -0.4 is 9.80 Å². The van der Waals surface area contributed by atoms with E-state index in [1.54, 1.807) is 22.2 Å². The standard InChI is InChI=1S/2C14H12N2O/c2*17-14-9-8-11-5-1-2-6-12(11)16(14)13-7-3-4-10-15-13/h2*1-7,10H,8-9H2. The number of nitrogens with zero attached hydrogens (tertiary/aromatic N) is 4. The third kappa shape index (κ3) is 4.30. The maximum absolute atomic E-state index is 12.0. The third-order valence-corrected chi connectivity index (χ3v) is 5.94. The fraction of sp³-hybridized carbons (Fsp3) is 0.143. The summed E-state index contributed by atoms with van der Waals surface area (Å²) in [5.74, 6) is 1.62. The molecule has 0 N–H and O–H groups in total. The first-order valence-corrected chi connectivity index (χ1v) is 11.4. The summed E-state index contributed by atoms with van der Waals surface area (Å²) in [6, 6.07) is 27.2. The number of aryl methyl sites for hydroxylation is 2. The van der Waals surface area contributed by atoms with Gasteiger partial charge < -0.3 is 0 Å². The van der Waals surface area contributed by atoms with Gasteiger partial charge in [0.25, 0.3) is 0 Å². The van der Waals surface area contributed by atoms with Gasteiger partial charge in [-0.1, -0.05) is 48.5 Å². The molecule has 6 nitrogen and oxygen atoms in total. The minimum absolute atomic E-state index is 0.113. The average Bonchev–Trinajstić information content (AvgIpc) is 2.90. The first-order valence-electron chi connectivity index (χ1n) is 11.4. The molecular formula is C28H24N4O2. The number of pyridine rings is 2. The topological polar surface area (TPSA) is 66.4 Å². The van der Waals surface area contributed by atoms with Crippen LogP contribution in [0.15, 0.2) is 97.3 Å². The number of aromatic nitrogens is 2. The van der Waals surface area contributed by atoms with Gasteiger partial charge in [0, 0.05) is 25.2 Å². The van der Waals surface area contributed by atoms with Crippen LogP contribution in [0.5, 0.6) is 0 Å². The van der Waals surface area contributed by atoms with Gasteiger partial charge in [-0.3, -0.25) is 19.4 Å². The molecular weight excluding hydrogens is 424 g/mol. The zero-order chi connectivity index (χ0) is 23.3. The molecule has 0 saturated heterocycles. The average molecular weight is 449 g/mol. The van der Waals surface area contributed by atoms with E-state index in [1.807, 2.05) is 72.8 Å². The second kappa shape index (κ2) is 9.67. The van der Waals surface area contributed by atoms with E-state index in [0.717, 1.165) is 24.2 Å². The number of carbonyl (C=O) groups excluding carboxylic acids is 2. The zero-order valence-electron chi connectivity index (χ0n) is 18.7. The summed E-state index contributed by atoms with van der Waals surface area (Å²) in [5, 5.41) is 0. The number of fused-ring (bicyclic) bond motifs is 2. The number of anilines is 4. The van der Waals surface area contributed by atoms with E-state index < -0.39 is 0 Å². The zero-order valence-corrected chi connectivity index (χ0v) is 18.7. The Morgan fingerprint density at radius 3 is 1.32 bits per heavy atom. The highest BCUT2D eigenvalue weighted by atomic mass is 16.2. The maximum Gasteiger partial charge on any atom is 0.233 e.